The maximum atomic E-state index is 5.81. The molecule has 0 spiro atoms. The summed E-state index contributed by atoms with van der Waals surface area (Å²) in [6, 6.07) is 8.44. The molecule has 2 heteroatoms. The highest BCUT2D eigenvalue weighted by Gasteiger charge is 2.04. The van der Waals surface area contributed by atoms with E-state index in [1.807, 2.05) is 6.07 Å². The van der Waals surface area contributed by atoms with Gasteiger partial charge in [-0.15, -0.1) is 0 Å². The lowest BCUT2D eigenvalue weighted by Crippen LogP contribution is -3.12. The van der Waals surface area contributed by atoms with Gasteiger partial charge in [0.1, 0.15) is 18.9 Å². The standard InChI is InChI=1S/C15H25NO/c1-5-16(6-2)10-11-17-15-9-7-8-14(12-15)13(3)4/h7-9,12-13H,5-6,10-11H2,1-4H3/p+1. The lowest BCUT2D eigenvalue weighted by molar-refractivity contribution is -0.896. The SMILES string of the molecule is CC[NH+](CC)CCOc1cccc(C(C)C)c1. The predicted molar refractivity (Wildman–Crippen MR) is 72.9 cm³/mol. The molecule has 17 heavy (non-hydrogen) atoms. The van der Waals surface area contributed by atoms with Crippen molar-refractivity contribution in [3.63, 3.8) is 0 Å². The number of hydrogen-bond acceptors (Lipinski definition) is 1. The van der Waals surface area contributed by atoms with E-state index in [2.05, 4.69) is 45.9 Å². The van der Waals surface area contributed by atoms with Crippen molar-refractivity contribution in [1.82, 2.24) is 0 Å². The Hall–Kier alpha value is -1.02. The molecule has 1 aromatic rings. The molecule has 1 rings (SSSR count). The van der Waals surface area contributed by atoms with Crippen LogP contribution in [0.15, 0.2) is 24.3 Å². The van der Waals surface area contributed by atoms with Gasteiger partial charge < -0.3 is 9.64 Å². The Kier molecular flexibility index (Phi) is 6.06. The van der Waals surface area contributed by atoms with Gasteiger partial charge in [0, 0.05) is 0 Å². The first-order valence-corrected chi connectivity index (χ1v) is 6.73. The molecule has 96 valence electrons. The number of benzene rings is 1. The number of quaternary nitrogens is 1. The van der Waals surface area contributed by atoms with Crippen LogP contribution < -0.4 is 9.64 Å². The second-order valence-electron chi connectivity index (χ2n) is 4.78. The van der Waals surface area contributed by atoms with E-state index in [1.165, 1.54) is 18.7 Å². The van der Waals surface area contributed by atoms with Crippen LogP contribution in [0.25, 0.3) is 0 Å². The third-order valence-corrected chi connectivity index (χ3v) is 3.25. The number of likely N-dealkylation sites (N-methyl/N-ethyl adjacent to an activating group) is 1. The molecule has 0 atom stereocenters. The Bertz CT molecular complexity index is 318. The summed E-state index contributed by atoms with van der Waals surface area (Å²) in [5.41, 5.74) is 1.35. The largest absolute Gasteiger partial charge is 0.488 e. The average Bonchev–Trinajstić information content (AvgIpc) is 2.35. The third-order valence-electron chi connectivity index (χ3n) is 3.25. The fourth-order valence-corrected chi connectivity index (χ4v) is 1.88. The summed E-state index contributed by atoms with van der Waals surface area (Å²) in [5.74, 6) is 1.56. The van der Waals surface area contributed by atoms with E-state index in [4.69, 9.17) is 4.74 Å². The van der Waals surface area contributed by atoms with Gasteiger partial charge in [-0.05, 0) is 37.5 Å². The molecule has 0 radical (unpaired) electrons. The van der Waals surface area contributed by atoms with Crippen LogP contribution in [0.2, 0.25) is 0 Å². The topological polar surface area (TPSA) is 13.7 Å². The van der Waals surface area contributed by atoms with Crippen molar-refractivity contribution in [3.05, 3.63) is 29.8 Å². The molecule has 0 unspecified atom stereocenters. The Labute approximate surface area is 106 Å². The van der Waals surface area contributed by atoms with Crippen LogP contribution in [-0.2, 0) is 0 Å². The molecule has 0 aliphatic carbocycles. The van der Waals surface area contributed by atoms with Crippen molar-refractivity contribution in [2.24, 2.45) is 0 Å². The molecule has 0 aromatic heterocycles. The van der Waals surface area contributed by atoms with E-state index in [0.717, 1.165) is 18.9 Å². The normalized spacial score (nSPS) is 11.2. The van der Waals surface area contributed by atoms with Crippen molar-refractivity contribution < 1.29 is 9.64 Å². The molecule has 0 saturated heterocycles. The Morgan fingerprint density at radius 2 is 1.88 bits per heavy atom. The second kappa shape index (κ2) is 7.33. The van der Waals surface area contributed by atoms with E-state index in [0.29, 0.717) is 5.92 Å². The van der Waals surface area contributed by atoms with Crippen LogP contribution in [0, 0.1) is 0 Å². The first-order chi connectivity index (χ1) is 8.17. The van der Waals surface area contributed by atoms with Crippen LogP contribution in [0.3, 0.4) is 0 Å². The van der Waals surface area contributed by atoms with Crippen molar-refractivity contribution in [3.8, 4) is 5.75 Å². The maximum absolute atomic E-state index is 5.81. The van der Waals surface area contributed by atoms with Crippen LogP contribution in [0.5, 0.6) is 5.75 Å². The van der Waals surface area contributed by atoms with E-state index in [9.17, 15) is 0 Å². The Morgan fingerprint density at radius 1 is 1.18 bits per heavy atom. The average molecular weight is 236 g/mol. The highest BCUT2D eigenvalue weighted by molar-refractivity contribution is 5.30. The molecule has 2 nitrogen and oxygen atoms in total. The minimum Gasteiger partial charge on any atom is -0.488 e. The van der Waals surface area contributed by atoms with Gasteiger partial charge in [-0.25, -0.2) is 0 Å². The maximum Gasteiger partial charge on any atom is 0.137 e. The molecule has 0 heterocycles. The quantitative estimate of drug-likeness (QED) is 0.765. The molecule has 0 aliphatic rings. The molecule has 0 aliphatic heterocycles. The second-order valence-corrected chi connectivity index (χ2v) is 4.78. The van der Waals surface area contributed by atoms with Crippen LogP contribution in [-0.4, -0.2) is 26.2 Å². The molecule has 0 amide bonds. The first-order valence-electron chi connectivity index (χ1n) is 6.73. The van der Waals surface area contributed by atoms with E-state index in [1.54, 1.807) is 4.90 Å². The van der Waals surface area contributed by atoms with Gasteiger partial charge in [0.25, 0.3) is 0 Å². The lowest BCUT2D eigenvalue weighted by Gasteiger charge is -2.16. The fraction of sp³-hybridized carbons (Fsp3) is 0.600. The summed E-state index contributed by atoms with van der Waals surface area (Å²) in [7, 11) is 0. The fourth-order valence-electron chi connectivity index (χ4n) is 1.88. The van der Waals surface area contributed by atoms with Crippen molar-refractivity contribution in [2.75, 3.05) is 26.2 Å². The predicted octanol–water partition coefficient (Wildman–Crippen LogP) is 2.11. The van der Waals surface area contributed by atoms with Gasteiger partial charge >= 0.3 is 0 Å². The van der Waals surface area contributed by atoms with Gasteiger partial charge in [0.2, 0.25) is 0 Å². The minimum atomic E-state index is 0.562. The van der Waals surface area contributed by atoms with Gasteiger partial charge in [-0.3, -0.25) is 0 Å². The molecule has 0 saturated carbocycles. The van der Waals surface area contributed by atoms with Crippen LogP contribution in [0.4, 0.5) is 0 Å². The van der Waals surface area contributed by atoms with Gasteiger partial charge in [0.15, 0.2) is 0 Å². The van der Waals surface area contributed by atoms with Crippen LogP contribution >= 0.6 is 0 Å². The third kappa shape index (κ3) is 4.78. The summed E-state index contributed by atoms with van der Waals surface area (Å²) in [4.78, 5) is 1.59. The number of rotatable bonds is 7. The summed E-state index contributed by atoms with van der Waals surface area (Å²) in [6.07, 6.45) is 0. The highest BCUT2D eigenvalue weighted by Crippen LogP contribution is 2.19. The van der Waals surface area contributed by atoms with Gasteiger partial charge in [0.05, 0.1) is 13.1 Å². The van der Waals surface area contributed by atoms with Gasteiger partial charge in [-0.1, -0.05) is 26.0 Å². The van der Waals surface area contributed by atoms with Crippen molar-refractivity contribution in [2.45, 2.75) is 33.6 Å². The Morgan fingerprint density at radius 3 is 2.47 bits per heavy atom. The Balaban J connectivity index is 2.43. The van der Waals surface area contributed by atoms with Gasteiger partial charge in [-0.2, -0.15) is 0 Å². The van der Waals surface area contributed by atoms with E-state index >= 15 is 0 Å². The minimum absolute atomic E-state index is 0.562. The number of ether oxygens (including phenoxy) is 1. The molecule has 1 N–H and O–H groups in total. The molecule has 0 fully saturated rings. The molecule has 1 aromatic carbocycles. The molecule has 0 bridgehead atoms. The van der Waals surface area contributed by atoms with E-state index < -0.39 is 0 Å². The zero-order valence-electron chi connectivity index (χ0n) is 11.6. The van der Waals surface area contributed by atoms with Crippen LogP contribution in [0.1, 0.15) is 39.2 Å². The lowest BCUT2D eigenvalue weighted by atomic mass is 10.0. The van der Waals surface area contributed by atoms with E-state index in [-0.39, 0.29) is 0 Å². The highest BCUT2D eigenvalue weighted by atomic mass is 16.5. The van der Waals surface area contributed by atoms with Crippen molar-refractivity contribution in [1.29, 1.82) is 0 Å². The smallest absolute Gasteiger partial charge is 0.137 e. The first kappa shape index (κ1) is 14.0. The number of nitrogens with one attached hydrogen (secondary N) is 1. The number of hydrogen-bond donors (Lipinski definition) is 1. The molecular formula is C15H26NO+. The summed E-state index contributed by atoms with van der Waals surface area (Å²) in [6.45, 7) is 13.1. The molecular weight excluding hydrogens is 210 g/mol. The summed E-state index contributed by atoms with van der Waals surface area (Å²) >= 11 is 0. The zero-order valence-corrected chi connectivity index (χ0v) is 11.6. The summed E-state index contributed by atoms with van der Waals surface area (Å²) in [5, 5.41) is 0. The zero-order chi connectivity index (χ0) is 12.7. The van der Waals surface area contributed by atoms with Crippen molar-refractivity contribution >= 4 is 0 Å². The monoisotopic (exact) mass is 236 g/mol. The summed E-state index contributed by atoms with van der Waals surface area (Å²) < 4.78 is 5.81.